The number of nitrogens with one attached hydrogen (secondary N) is 2. The lowest BCUT2D eigenvalue weighted by atomic mass is 9.79. The van der Waals surface area contributed by atoms with Crippen LogP contribution in [0.3, 0.4) is 0 Å². The van der Waals surface area contributed by atoms with Crippen molar-refractivity contribution < 1.29 is 9.59 Å². The Labute approximate surface area is 210 Å². The maximum absolute atomic E-state index is 13.7. The summed E-state index contributed by atoms with van der Waals surface area (Å²) >= 11 is 7.35. The predicted molar refractivity (Wildman–Crippen MR) is 137 cm³/mol. The highest BCUT2D eigenvalue weighted by atomic mass is 35.5. The van der Waals surface area contributed by atoms with Gasteiger partial charge in [0.15, 0.2) is 5.13 Å². The molecule has 0 atom stereocenters. The van der Waals surface area contributed by atoms with Crippen LogP contribution in [0.15, 0.2) is 24.4 Å². The van der Waals surface area contributed by atoms with Crippen molar-refractivity contribution in [2.45, 2.75) is 76.7 Å². The summed E-state index contributed by atoms with van der Waals surface area (Å²) in [6.07, 6.45) is 8.38. The molecule has 2 N–H and O–H groups in total. The lowest BCUT2D eigenvalue weighted by Gasteiger charge is -2.42. The van der Waals surface area contributed by atoms with Crippen molar-refractivity contribution in [3.8, 4) is 0 Å². The molecule has 0 spiro atoms. The molecule has 4 rings (SSSR count). The Morgan fingerprint density at radius 2 is 1.94 bits per heavy atom. The Morgan fingerprint density at radius 3 is 2.59 bits per heavy atom. The van der Waals surface area contributed by atoms with Crippen LogP contribution in [0.5, 0.6) is 0 Å². The van der Waals surface area contributed by atoms with Gasteiger partial charge in [0.05, 0.1) is 6.20 Å². The highest BCUT2D eigenvalue weighted by Gasteiger charge is 2.44. The van der Waals surface area contributed by atoms with E-state index in [0.29, 0.717) is 34.9 Å². The molecule has 1 aliphatic carbocycles. The topological polar surface area (TPSA) is 87.2 Å². The zero-order valence-corrected chi connectivity index (χ0v) is 21.6. The number of amides is 2. The van der Waals surface area contributed by atoms with E-state index < -0.39 is 5.54 Å². The minimum atomic E-state index is -0.728. The van der Waals surface area contributed by atoms with Gasteiger partial charge < -0.3 is 15.5 Å². The van der Waals surface area contributed by atoms with Crippen molar-refractivity contribution in [2.75, 3.05) is 18.4 Å². The molecule has 2 amide bonds. The van der Waals surface area contributed by atoms with Crippen LogP contribution >= 0.6 is 22.9 Å². The van der Waals surface area contributed by atoms with Crippen LogP contribution in [0.1, 0.15) is 76.8 Å². The number of halogens is 1. The van der Waals surface area contributed by atoms with Gasteiger partial charge in [-0.15, -0.1) is 0 Å². The molecule has 0 aromatic carbocycles. The fraction of sp³-hybridized carbons (Fsp3) is 0.600. The molecule has 1 saturated heterocycles. The van der Waals surface area contributed by atoms with E-state index in [1.54, 1.807) is 6.20 Å². The molecule has 3 heterocycles. The number of likely N-dealkylation sites (tertiary alicyclic amines) is 1. The van der Waals surface area contributed by atoms with Crippen LogP contribution in [0.4, 0.5) is 10.9 Å². The first-order valence-corrected chi connectivity index (χ1v) is 13.5. The SMILES string of the molecule is CC(C)CC(=O)NC1(C(=O)N2CCC(c3cccc(Nc4ncc(Cl)s4)n3)CC2)CCCCC1. The van der Waals surface area contributed by atoms with E-state index in [2.05, 4.69) is 21.7 Å². The van der Waals surface area contributed by atoms with E-state index in [-0.39, 0.29) is 17.7 Å². The van der Waals surface area contributed by atoms with Crippen LogP contribution in [-0.4, -0.2) is 45.3 Å². The van der Waals surface area contributed by atoms with E-state index in [0.717, 1.165) is 56.5 Å². The van der Waals surface area contributed by atoms with Crippen molar-refractivity contribution >= 4 is 45.7 Å². The lowest BCUT2D eigenvalue weighted by Crippen LogP contribution is -2.61. The first kappa shape index (κ1) is 24.9. The molecule has 2 fully saturated rings. The Kier molecular flexibility index (Phi) is 8.09. The zero-order valence-electron chi connectivity index (χ0n) is 20.0. The van der Waals surface area contributed by atoms with Crippen molar-refractivity contribution in [2.24, 2.45) is 5.92 Å². The van der Waals surface area contributed by atoms with Gasteiger partial charge in [-0.05, 0) is 43.7 Å². The van der Waals surface area contributed by atoms with Crippen LogP contribution in [-0.2, 0) is 9.59 Å². The standard InChI is InChI=1S/C25H34ClN5O2S/c1-17(2)15-22(32)30-25(11-4-3-5-12-25)23(33)31-13-9-18(10-14-31)19-7-6-8-21(28-19)29-24-27-16-20(26)34-24/h6-8,16-18H,3-5,9-15H2,1-2H3,(H,30,32)(H,27,28,29). The molecule has 1 saturated carbocycles. The molecule has 2 aromatic heterocycles. The van der Waals surface area contributed by atoms with Crippen molar-refractivity contribution in [1.82, 2.24) is 20.2 Å². The minimum Gasteiger partial charge on any atom is -0.342 e. The first-order valence-electron chi connectivity index (χ1n) is 12.3. The Hall–Kier alpha value is -2.19. The number of carbonyl (C=O) groups is 2. The third-order valence-corrected chi connectivity index (χ3v) is 7.80. The molecule has 0 radical (unpaired) electrons. The maximum atomic E-state index is 13.7. The number of anilines is 2. The van der Waals surface area contributed by atoms with Crippen LogP contribution in [0.2, 0.25) is 4.34 Å². The van der Waals surface area contributed by atoms with Gasteiger partial charge in [-0.2, -0.15) is 0 Å². The number of thiazole rings is 1. The number of piperidine rings is 1. The number of hydrogen-bond donors (Lipinski definition) is 2. The van der Waals surface area contributed by atoms with Crippen molar-refractivity contribution in [1.29, 1.82) is 0 Å². The van der Waals surface area contributed by atoms with Gasteiger partial charge >= 0.3 is 0 Å². The summed E-state index contributed by atoms with van der Waals surface area (Å²) in [4.78, 5) is 37.3. The molecule has 2 aromatic rings. The van der Waals surface area contributed by atoms with Crippen molar-refractivity contribution in [3.63, 3.8) is 0 Å². The summed E-state index contributed by atoms with van der Waals surface area (Å²) in [5, 5.41) is 7.10. The predicted octanol–water partition coefficient (Wildman–Crippen LogP) is 5.51. The summed E-state index contributed by atoms with van der Waals surface area (Å²) in [6.45, 7) is 5.44. The molecular weight excluding hydrogens is 470 g/mol. The molecule has 9 heteroatoms. The minimum absolute atomic E-state index is 0.00447. The second-order valence-corrected chi connectivity index (χ2v) is 11.6. The van der Waals surface area contributed by atoms with E-state index in [4.69, 9.17) is 16.6 Å². The molecule has 34 heavy (non-hydrogen) atoms. The Balaban J connectivity index is 1.39. The third kappa shape index (κ3) is 6.08. The van der Waals surface area contributed by atoms with Gasteiger partial charge in [0.2, 0.25) is 11.8 Å². The zero-order chi connectivity index (χ0) is 24.1. The van der Waals surface area contributed by atoms with Gasteiger partial charge in [-0.3, -0.25) is 9.59 Å². The number of hydrogen-bond acceptors (Lipinski definition) is 6. The lowest BCUT2D eigenvalue weighted by molar-refractivity contribution is -0.144. The molecule has 0 bridgehead atoms. The maximum Gasteiger partial charge on any atom is 0.248 e. The smallest absolute Gasteiger partial charge is 0.248 e. The highest BCUT2D eigenvalue weighted by molar-refractivity contribution is 7.19. The third-order valence-electron chi connectivity index (χ3n) is 6.77. The van der Waals surface area contributed by atoms with Gasteiger partial charge in [0.1, 0.15) is 15.7 Å². The second kappa shape index (κ2) is 11.0. The van der Waals surface area contributed by atoms with Gasteiger partial charge in [-0.1, -0.05) is 62.1 Å². The summed E-state index contributed by atoms with van der Waals surface area (Å²) in [5.41, 5.74) is 0.297. The molecule has 0 unspecified atom stereocenters. The van der Waals surface area contributed by atoms with E-state index >= 15 is 0 Å². The van der Waals surface area contributed by atoms with E-state index in [1.165, 1.54) is 11.3 Å². The number of rotatable bonds is 7. The fourth-order valence-corrected chi connectivity index (χ4v) is 5.91. The average molecular weight is 504 g/mol. The first-order chi connectivity index (χ1) is 16.3. The van der Waals surface area contributed by atoms with Gasteiger partial charge in [-0.25, -0.2) is 9.97 Å². The number of carbonyl (C=O) groups excluding carboxylic acids is 2. The highest BCUT2D eigenvalue weighted by Crippen LogP contribution is 2.34. The largest absolute Gasteiger partial charge is 0.342 e. The molecule has 2 aliphatic rings. The van der Waals surface area contributed by atoms with E-state index in [9.17, 15) is 9.59 Å². The summed E-state index contributed by atoms with van der Waals surface area (Å²) in [5.74, 6) is 1.42. The number of nitrogens with zero attached hydrogens (tertiary/aromatic N) is 3. The molecule has 184 valence electrons. The Morgan fingerprint density at radius 1 is 1.21 bits per heavy atom. The average Bonchev–Trinajstić information content (AvgIpc) is 3.23. The normalized spacial score (nSPS) is 18.6. The summed E-state index contributed by atoms with van der Waals surface area (Å²) in [7, 11) is 0. The number of pyridine rings is 1. The summed E-state index contributed by atoms with van der Waals surface area (Å²) < 4.78 is 0.631. The van der Waals surface area contributed by atoms with Crippen LogP contribution in [0.25, 0.3) is 0 Å². The second-order valence-electron chi connectivity index (χ2n) is 9.90. The van der Waals surface area contributed by atoms with Crippen molar-refractivity contribution in [3.05, 3.63) is 34.4 Å². The molecule has 7 nitrogen and oxygen atoms in total. The van der Waals surface area contributed by atoms with E-state index in [1.807, 2.05) is 30.9 Å². The summed E-state index contributed by atoms with van der Waals surface area (Å²) in [6, 6.07) is 5.97. The molecular formula is C25H34ClN5O2S. The number of aromatic nitrogens is 2. The molecule has 1 aliphatic heterocycles. The van der Waals surface area contributed by atoms with Gasteiger partial charge in [0.25, 0.3) is 0 Å². The quantitative estimate of drug-likeness (QED) is 0.520. The Bertz CT molecular complexity index is 997. The fourth-order valence-electron chi connectivity index (χ4n) is 5.09. The monoisotopic (exact) mass is 503 g/mol. The van der Waals surface area contributed by atoms with Crippen LogP contribution < -0.4 is 10.6 Å². The van der Waals surface area contributed by atoms with Gasteiger partial charge in [0, 0.05) is 31.1 Å². The van der Waals surface area contributed by atoms with Crippen LogP contribution in [0, 0.1) is 5.92 Å².